The van der Waals surface area contributed by atoms with E-state index in [1.54, 1.807) is 14.0 Å². The van der Waals surface area contributed by atoms with Gasteiger partial charge in [0.25, 0.3) is 0 Å². The molecule has 0 aliphatic heterocycles. The molecule has 0 saturated carbocycles. The van der Waals surface area contributed by atoms with Crippen molar-refractivity contribution in [3.63, 3.8) is 0 Å². The van der Waals surface area contributed by atoms with E-state index in [0.717, 1.165) is 17.5 Å². The molecule has 5 heteroatoms. The van der Waals surface area contributed by atoms with E-state index in [0.29, 0.717) is 30.6 Å². The van der Waals surface area contributed by atoms with Crippen LogP contribution in [0.3, 0.4) is 0 Å². The van der Waals surface area contributed by atoms with Crippen LogP contribution in [0.4, 0.5) is 0 Å². The molecule has 0 aromatic heterocycles. The van der Waals surface area contributed by atoms with Gasteiger partial charge in [-0.1, -0.05) is 50.2 Å². The molecule has 27 heavy (non-hydrogen) atoms. The number of carbonyl (C=O) groups excluding carboxylic acids is 1. The van der Waals surface area contributed by atoms with Gasteiger partial charge in [-0.25, -0.2) is 0 Å². The summed E-state index contributed by atoms with van der Waals surface area (Å²) < 4.78 is 11.2. The molecule has 0 fully saturated rings. The molecule has 0 saturated heterocycles. The van der Waals surface area contributed by atoms with Crippen molar-refractivity contribution in [2.75, 3.05) is 13.7 Å². The summed E-state index contributed by atoms with van der Waals surface area (Å²) in [5.41, 5.74) is 6.85. The van der Waals surface area contributed by atoms with Crippen LogP contribution in [0.1, 0.15) is 38.3 Å². The molecule has 5 nitrogen and oxygen atoms in total. The fourth-order valence-electron chi connectivity index (χ4n) is 2.63. The third kappa shape index (κ3) is 5.73. The maximum atomic E-state index is 12.6. The predicted octanol–water partition coefficient (Wildman–Crippen LogP) is 3.61. The monoisotopic (exact) mass is 370 g/mol. The van der Waals surface area contributed by atoms with E-state index in [-0.39, 0.29) is 5.91 Å². The summed E-state index contributed by atoms with van der Waals surface area (Å²) in [5.74, 6) is 1.72. The van der Waals surface area contributed by atoms with Gasteiger partial charge in [-0.15, -0.1) is 0 Å². The van der Waals surface area contributed by atoms with Crippen molar-refractivity contribution in [2.24, 2.45) is 11.7 Å². The number of carbonyl (C=O) groups is 1. The van der Waals surface area contributed by atoms with Gasteiger partial charge in [-0.2, -0.15) is 0 Å². The van der Waals surface area contributed by atoms with E-state index < -0.39 is 5.54 Å². The number of nitrogens with two attached hydrogens (primary N) is 1. The lowest BCUT2D eigenvalue weighted by Crippen LogP contribution is -2.48. The van der Waals surface area contributed by atoms with E-state index in [4.69, 9.17) is 15.2 Å². The zero-order valence-corrected chi connectivity index (χ0v) is 16.6. The number of methoxy groups -OCH3 is 1. The first-order valence-corrected chi connectivity index (χ1v) is 9.27. The maximum absolute atomic E-state index is 12.6. The highest BCUT2D eigenvalue weighted by atomic mass is 16.5. The zero-order valence-electron chi connectivity index (χ0n) is 16.6. The molecule has 0 radical (unpaired) electrons. The molecule has 2 aromatic rings. The van der Waals surface area contributed by atoms with Gasteiger partial charge in [0, 0.05) is 6.54 Å². The quantitative estimate of drug-likeness (QED) is 0.707. The first-order valence-electron chi connectivity index (χ1n) is 9.27. The first kappa shape index (κ1) is 20.8. The summed E-state index contributed by atoms with van der Waals surface area (Å²) in [5, 5.41) is 2.91. The lowest BCUT2D eigenvalue weighted by molar-refractivity contribution is -0.126. The summed E-state index contributed by atoms with van der Waals surface area (Å²) in [7, 11) is 1.61. The van der Waals surface area contributed by atoms with E-state index in [1.807, 2.05) is 48.5 Å². The highest BCUT2D eigenvalue weighted by Crippen LogP contribution is 2.28. The van der Waals surface area contributed by atoms with Crippen LogP contribution in [-0.4, -0.2) is 19.6 Å². The fraction of sp³-hybridized carbons (Fsp3) is 0.409. The van der Waals surface area contributed by atoms with E-state index in [1.165, 1.54) is 0 Å². The average Bonchev–Trinajstić information content (AvgIpc) is 2.67. The molecule has 1 amide bonds. The molecule has 0 spiro atoms. The van der Waals surface area contributed by atoms with Crippen molar-refractivity contribution in [1.82, 2.24) is 5.32 Å². The highest BCUT2D eigenvalue weighted by Gasteiger charge is 2.30. The van der Waals surface area contributed by atoms with Crippen LogP contribution in [0.15, 0.2) is 48.5 Å². The second-order valence-electron chi connectivity index (χ2n) is 7.27. The summed E-state index contributed by atoms with van der Waals surface area (Å²) in [6.07, 6.45) is 0.982. The topological polar surface area (TPSA) is 73.6 Å². The van der Waals surface area contributed by atoms with Crippen LogP contribution in [0, 0.1) is 5.92 Å². The summed E-state index contributed by atoms with van der Waals surface area (Å²) in [6.45, 7) is 7.04. The van der Waals surface area contributed by atoms with E-state index >= 15 is 0 Å². The number of hydrogen-bond donors (Lipinski definition) is 2. The van der Waals surface area contributed by atoms with Gasteiger partial charge in [-0.3, -0.25) is 4.79 Å². The molecule has 1 unspecified atom stereocenters. The Morgan fingerprint density at radius 2 is 1.85 bits per heavy atom. The van der Waals surface area contributed by atoms with Gasteiger partial charge in [0.2, 0.25) is 5.91 Å². The summed E-state index contributed by atoms with van der Waals surface area (Å²) in [4.78, 5) is 12.6. The standard InChI is InChI=1S/C22H30N2O3/c1-16(2)12-13-27-19-11-10-17(14-20(19)26-4)15-24-21(25)22(3,23)18-8-6-5-7-9-18/h5-11,14,16H,12-13,15,23H2,1-4H3,(H,24,25). The molecule has 146 valence electrons. The molecule has 3 N–H and O–H groups in total. The zero-order chi connectivity index (χ0) is 19.9. The van der Waals surface area contributed by atoms with E-state index in [2.05, 4.69) is 19.2 Å². The van der Waals surface area contributed by atoms with Gasteiger partial charge in [-0.05, 0) is 42.5 Å². The smallest absolute Gasteiger partial charge is 0.244 e. The van der Waals surface area contributed by atoms with Crippen LogP contribution in [0.5, 0.6) is 11.5 Å². The van der Waals surface area contributed by atoms with Crippen molar-refractivity contribution in [3.8, 4) is 11.5 Å². The fourth-order valence-corrected chi connectivity index (χ4v) is 2.63. The van der Waals surface area contributed by atoms with Crippen LogP contribution >= 0.6 is 0 Å². The van der Waals surface area contributed by atoms with Crippen LogP contribution < -0.4 is 20.5 Å². The normalized spacial score (nSPS) is 13.1. The van der Waals surface area contributed by atoms with Crippen molar-refractivity contribution < 1.29 is 14.3 Å². The molecule has 0 bridgehead atoms. The second kappa shape index (κ2) is 9.42. The molecule has 0 aliphatic carbocycles. The van der Waals surface area contributed by atoms with Gasteiger partial charge >= 0.3 is 0 Å². The summed E-state index contributed by atoms with van der Waals surface area (Å²) in [6, 6.07) is 15.0. The third-order valence-electron chi connectivity index (χ3n) is 4.48. The Labute approximate surface area is 161 Å². The number of hydrogen-bond acceptors (Lipinski definition) is 4. The Morgan fingerprint density at radius 3 is 2.48 bits per heavy atom. The second-order valence-corrected chi connectivity index (χ2v) is 7.27. The Kier molecular flexibility index (Phi) is 7.25. The van der Waals surface area contributed by atoms with Gasteiger partial charge in [0.05, 0.1) is 13.7 Å². The van der Waals surface area contributed by atoms with Gasteiger partial charge in [0.1, 0.15) is 5.54 Å². The van der Waals surface area contributed by atoms with Crippen LogP contribution in [-0.2, 0) is 16.9 Å². The minimum atomic E-state index is -1.09. The van der Waals surface area contributed by atoms with Gasteiger partial charge < -0.3 is 20.5 Å². The summed E-state index contributed by atoms with van der Waals surface area (Å²) >= 11 is 0. The van der Waals surface area contributed by atoms with Crippen molar-refractivity contribution in [1.29, 1.82) is 0 Å². The number of amides is 1. The van der Waals surface area contributed by atoms with E-state index in [9.17, 15) is 4.79 Å². The number of benzene rings is 2. The molecular weight excluding hydrogens is 340 g/mol. The number of rotatable bonds is 9. The van der Waals surface area contributed by atoms with Crippen LogP contribution in [0.2, 0.25) is 0 Å². The van der Waals surface area contributed by atoms with Gasteiger partial charge in [0.15, 0.2) is 11.5 Å². The third-order valence-corrected chi connectivity index (χ3v) is 4.48. The Balaban J connectivity index is 2.00. The minimum absolute atomic E-state index is 0.232. The maximum Gasteiger partial charge on any atom is 0.244 e. The van der Waals surface area contributed by atoms with Crippen molar-refractivity contribution in [3.05, 3.63) is 59.7 Å². The molecule has 2 aromatic carbocycles. The SMILES string of the molecule is COc1cc(CNC(=O)C(C)(N)c2ccccc2)ccc1OCCC(C)C. The predicted molar refractivity (Wildman–Crippen MR) is 108 cm³/mol. The van der Waals surface area contributed by atoms with Crippen LogP contribution in [0.25, 0.3) is 0 Å². The van der Waals surface area contributed by atoms with Crippen molar-refractivity contribution >= 4 is 5.91 Å². The van der Waals surface area contributed by atoms with Crippen molar-refractivity contribution in [2.45, 2.75) is 39.3 Å². The molecule has 2 rings (SSSR count). The number of ether oxygens (including phenoxy) is 2. The molecule has 0 heterocycles. The Morgan fingerprint density at radius 1 is 1.15 bits per heavy atom. The number of nitrogens with one attached hydrogen (secondary N) is 1. The Hall–Kier alpha value is -2.53. The molecule has 1 atom stereocenters. The molecule has 0 aliphatic rings. The minimum Gasteiger partial charge on any atom is -0.493 e. The largest absolute Gasteiger partial charge is 0.493 e. The molecular formula is C22H30N2O3. The lowest BCUT2D eigenvalue weighted by Gasteiger charge is -2.24. The lowest BCUT2D eigenvalue weighted by atomic mass is 9.92. The Bertz CT molecular complexity index is 742. The highest BCUT2D eigenvalue weighted by molar-refractivity contribution is 5.86. The average molecular weight is 370 g/mol. The first-order chi connectivity index (χ1) is 12.8.